The van der Waals surface area contributed by atoms with Crippen LogP contribution in [0.2, 0.25) is 0 Å². The van der Waals surface area contributed by atoms with Gasteiger partial charge in [-0.2, -0.15) is 9.40 Å². The van der Waals surface area contributed by atoms with E-state index in [1.165, 1.54) is 23.5 Å². The number of hydrogen-bond acceptors (Lipinski definition) is 5. The molecule has 0 spiro atoms. The van der Waals surface area contributed by atoms with E-state index < -0.39 is 10.0 Å². The standard InChI is InChI=1S/C21H22N4O4S/c1-29-19-7-9-20(10-8-19)30(27,28)24-15-13-23(14-16-24)21(26)17-3-5-18(6-4-17)25-12-2-11-22-25/h2-12H,13-16H2,1H3. The molecule has 2 aromatic carbocycles. The molecule has 0 saturated carbocycles. The maximum Gasteiger partial charge on any atom is 0.253 e. The van der Waals surface area contributed by atoms with E-state index in [9.17, 15) is 13.2 Å². The van der Waals surface area contributed by atoms with Crippen LogP contribution in [-0.4, -0.2) is 66.6 Å². The first kappa shape index (κ1) is 20.1. The molecule has 1 aromatic heterocycles. The Morgan fingerprint density at radius 1 is 0.967 bits per heavy atom. The quantitative estimate of drug-likeness (QED) is 0.623. The highest BCUT2D eigenvalue weighted by molar-refractivity contribution is 7.89. The highest BCUT2D eigenvalue weighted by atomic mass is 32.2. The summed E-state index contributed by atoms with van der Waals surface area (Å²) in [5, 5.41) is 4.17. The fraction of sp³-hybridized carbons (Fsp3) is 0.238. The molecule has 0 radical (unpaired) electrons. The lowest BCUT2D eigenvalue weighted by atomic mass is 10.1. The van der Waals surface area contributed by atoms with Gasteiger partial charge in [0.15, 0.2) is 0 Å². The largest absolute Gasteiger partial charge is 0.497 e. The Hall–Kier alpha value is -3.17. The second-order valence-corrected chi connectivity index (χ2v) is 8.81. The van der Waals surface area contributed by atoms with Crippen LogP contribution in [0.15, 0.2) is 71.9 Å². The van der Waals surface area contributed by atoms with Crippen molar-refractivity contribution in [2.24, 2.45) is 0 Å². The number of amides is 1. The van der Waals surface area contributed by atoms with Gasteiger partial charge in [0.1, 0.15) is 5.75 Å². The number of carbonyl (C=O) groups excluding carboxylic acids is 1. The van der Waals surface area contributed by atoms with E-state index in [4.69, 9.17) is 4.74 Å². The first-order valence-corrected chi connectivity index (χ1v) is 11.0. The molecule has 1 saturated heterocycles. The summed E-state index contributed by atoms with van der Waals surface area (Å²) in [7, 11) is -2.07. The summed E-state index contributed by atoms with van der Waals surface area (Å²) in [6, 6.07) is 15.4. The third-order valence-electron chi connectivity index (χ3n) is 5.11. The molecule has 2 heterocycles. The van der Waals surface area contributed by atoms with Gasteiger partial charge in [0.2, 0.25) is 10.0 Å². The van der Waals surface area contributed by atoms with Crippen LogP contribution >= 0.6 is 0 Å². The molecule has 9 heteroatoms. The van der Waals surface area contributed by atoms with Crippen molar-refractivity contribution in [2.75, 3.05) is 33.3 Å². The van der Waals surface area contributed by atoms with Crippen molar-refractivity contribution in [1.82, 2.24) is 19.0 Å². The van der Waals surface area contributed by atoms with Gasteiger partial charge in [0.25, 0.3) is 5.91 Å². The molecular weight excluding hydrogens is 404 g/mol. The van der Waals surface area contributed by atoms with E-state index in [0.717, 1.165) is 5.69 Å². The van der Waals surface area contributed by atoms with Crippen molar-refractivity contribution in [3.05, 3.63) is 72.6 Å². The van der Waals surface area contributed by atoms with E-state index in [1.54, 1.807) is 40.0 Å². The van der Waals surface area contributed by atoms with Gasteiger partial charge in [-0.15, -0.1) is 0 Å². The molecule has 0 aliphatic carbocycles. The van der Waals surface area contributed by atoms with Gasteiger partial charge in [0.05, 0.1) is 17.7 Å². The summed E-state index contributed by atoms with van der Waals surface area (Å²) in [5.41, 5.74) is 1.43. The molecule has 1 aliphatic rings. The van der Waals surface area contributed by atoms with Gasteiger partial charge in [-0.05, 0) is 54.6 Å². The number of methoxy groups -OCH3 is 1. The molecule has 1 amide bonds. The fourth-order valence-electron chi connectivity index (χ4n) is 3.39. The molecule has 156 valence electrons. The number of ether oxygens (including phenoxy) is 1. The summed E-state index contributed by atoms with van der Waals surface area (Å²) in [6.07, 6.45) is 3.53. The average Bonchev–Trinajstić information content (AvgIpc) is 3.34. The third kappa shape index (κ3) is 3.94. The number of rotatable bonds is 5. The lowest BCUT2D eigenvalue weighted by molar-refractivity contribution is 0.0698. The van der Waals surface area contributed by atoms with Gasteiger partial charge in [-0.1, -0.05) is 0 Å². The molecule has 8 nitrogen and oxygen atoms in total. The minimum Gasteiger partial charge on any atom is -0.497 e. The zero-order valence-electron chi connectivity index (χ0n) is 16.5. The molecule has 1 aliphatic heterocycles. The first-order chi connectivity index (χ1) is 14.5. The number of piperazine rings is 1. The monoisotopic (exact) mass is 426 g/mol. The number of aromatic nitrogens is 2. The normalized spacial score (nSPS) is 15.2. The molecule has 4 rings (SSSR count). The Labute approximate surface area is 175 Å². The lowest BCUT2D eigenvalue weighted by Gasteiger charge is -2.34. The first-order valence-electron chi connectivity index (χ1n) is 9.52. The molecule has 0 N–H and O–H groups in total. The van der Waals surface area contributed by atoms with Crippen LogP contribution in [0, 0.1) is 0 Å². The number of sulfonamides is 1. The van der Waals surface area contributed by atoms with Gasteiger partial charge >= 0.3 is 0 Å². The van der Waals surface area contributed by atoms with Gasteiger partial charge < -0.3 is 9.64 Å². The second-order valence-electron chi connectivity index (χ2n) is 6.87. The fourth-order valence-corrected chi connectivity index (χ4v) is 4.81. The average molecular weight is 426 g/mol. The topological polar surface area (TPSA) is 84.7 Å². The molecule has 3 aromatic rings. The zero-order valence-corrected chi connectivity index (χ0v) is 17.3. The van der Waals surface area contributed by atoms with E-state index >= 15 is 0 Å². The van der Waals surface area contributed by atoms with Gasteiger partial charge in [-0.25, -0.2) is 13.1 Å². The van der Waals surface area contributed by atoms with Crippen molar-refractivity contribution in [2.45, 2.75) is 4.90 Å². The van der Waals surface area contributed by atoms with Crippen LogP contribution in [0.25, 0.3) is 5.69 Å². The van der Waals surface area contributed by atoms with E-state index in [2.05, 4.69) is 5.10 Å². The molecule has 30 heavy (non-hydrogen) atoms. The van der Waals surface area contributed by atoms with Crippen LogP contribution in [0.3, 0.4) is 0 Å². The lowest BCUT2D eigenvalue weighted by Crippen LogP contribution is -2.50. The maximum absolute atomic E-state index is 12.9. The van der Waals surface area contributed by atoms with Crippen molar-refractivity contribution in [3.8, 4) is 11.4 Å². The van der Waals surface area contributed by atoms with Crippen LogP contribution in [0.5, 0.6) is 5.75 Å². The Morgan fingerprint density at radius 2 is 1.63 bits per heavy atom. The third-order valence-corrected chi connectivity index (χ3v) is 7.02. The predicted octanol–water partition coefficient (Wildman–Crippen LogP) is 2.03. The maximum atomic E-state index is 12.9. The smallest absolute Gasteiger partial charge is 0.253 e. The van der Waals surface area contributed by atoms with Crippen LogP contribution < -0.4 is 4.74 Å². The summed E-state index contributed by atoms with van der Waals surface area (Å²) in [4.78, 5) is 14.7. The Balaban J connectivity index is 1.40. The van der Waals surface area contributed by atoms with E-state index in [0.29, 0.717) is 24.4 Å². The summed E-state index contributed by atoms with van der Waals surface area (Å²) in [5.74, 6) is 0.492. The Bertz CT molecular complexity index is 1100. The SMILES string of the molecule is COc1ccc(S(=O)(=O)N2CCN(C(=O)c3ccc(-n4cccn4)cc3)CC2)cc1. The summed E-state index contributed by atoms with van der Waals surface area (Å²) >= 11 is 0. The van der Waals surface area contributed by atoms with Crippen molar-refractivity contribution in [1.29, 1.82) is 0 Å². The molecule has 0 atom stereocenters. The number of benzene rings is 2. The second kappa shape index (κ2) is 8.29. The number of hydrogen-bond donors (Lipinski definition) is 0. The van der Waals surface area contributed by atoms with E-state index in [1.807, 2.05) is 24.4 Å². The highest BCUT2D eigenvalue weighted by Gasteiger charge is 2.30. The van der Waals surface area contributed by atoms with Gasteiger partial charge in [0, 0.05) is 44.1 Å². The van der Waals surface area contributed by atoms with Crippen LogP contribution in [-0.2, 0) is 10.0 Å². The van der Waals surface area contributed by atoms with E-state index in [-0.39, 0.29) is 23.9 Å². The minimum absolute atomic E-state index is 0.108. The Kier molecular flexibility index (Phi) is 5.56. The minimum atomic E-state index is -3.60. The Morgan fingerprint density at radius 3 is 2.20 bits per heavy atom. The number of carbonyl (C=O) groups is 1. The zero-order chi connectivity index (χ0) is 21.1. The number of nitrogens with zero attached hydrogens (tertiary/aromatic N) is 4. The highest BCUT2D eigenvalue weighted by Crippen LogP contribution is 2.21. The van der Waals surface area contributed by atoms with Gasteiger partial charge in [-0.3, -0.25) is 4.79 Å². The summed E-state index contributed by atoms with van der Waals surface area (Å²) in [6.45, 7) is 1.20. The van der Waals surface area contributed by atoms with Crippen molar-refractivity contribution < 1.29 is 17.9 Å². The van der Waals surface area contributed by atoms with Crippen molar-refractivity contribution >= 4 is 15.9 Å². The van der Waals surface area contributed by atoms with Crippen LogP contribution in [0.4, 0.5) is 0 Å². The molecule has 0 bridgehead atoms. The molecule has 0 unspecified atom stereocenters. The van der Waals surface area contributed by atoms with Crippen LogP contribution in [0.1, 0.15) is 10.4 Å². The molecule has 1 fully saturated rings. The summed E-state index contributed by atoms with van der Waals surface area (Å²) < 4.78 is 33.9. The molecular formula is C21H22N4O4S. The predicted molar refractivity (Wildman–Crippen MR) is 111 cm³/mol. The van der Waals surface area contributed by atoms with Crippen molar-refractivity contribution in [3.63, 3.8) is 0 Å².